The molecule has 164 valence electrons. The highest BCUT2D eigenvalue weighted by Gasteiger charge is 2.40. The smallest absolute Gasteiger partial charge is 0.290 e. The summed E-state index contributed by atoms with van der Waals surface area (Å²) in [5.74, 6) is 0.620. The number of nitrogens with one attached hydrogen (secondary N) is 1. The molecular formula is C20H30F3N3O2S. The second-order valence-electron chi connectivity index (χ2n) is 8.10. The fourth-order valence-electron chi connectivity index (χ4n) is 4.37. The summed E-state index contributed by atoms with van der Waals surface area (Å²) in [4.78, 5) is 4.18. The van der Waals surface area contributed by atoms with Gasteiger partial charge in [-0.25, -0.2) is 8.42 Å². The van der Waals surface area contributed by atoms with Gasteiger partial charge >= 0.3 is 6.18 Å². The minimum Gasteiger partial charge on any atom is -0.290 e. The van der Waals surface area contributed by atoms with Crippen molar-refractivity contribution in [2.45, 2.75) is 69.2 Å². The molecule has 29 heavy (non-hydrogen) atoms. The molecule has 0 spiro atoms. The van der Waals surface area contributed by atoms with E-state index in [-0.39, 0.29) is 11.1 Å². The van der Waals surface area contributed by atoms with Crippen LogP contribution in [0.25, 0.3) is 0 Å². The number of hydrogen-bond donors (Lipinski definition) is 1. The third-order valence-corrected chi connectivity index (χ3v) is 7.68. The van der Waals surface area contributed by atoms with Crippen LogP contribution in [-0.4, -0.2) is 50.2 Å². The molecule has 0 saturated carbocycles. The molecule has 2 atom stereocenters. The molecule has 3 rings (SSSR count). The highest BCUT2D eigenvalue weighted by Crippen LogP contribution is 2.32. The monoisotopic (exact) mass is 433 g/mol. The topological polar surface area (TPSA) is 52.7 Å². The molecule has 2 saturated heterocycles. The van der Waals surface area contributed by atoms with E-state index >= 15 is 0 Å². The Bertz CT molecular complexity index is 796. The molecule has 2 aliphatic rings. The van der Waals surface area contributed by atoms with Crippen LogP contribution < -0.4 is 4.72 Å². The van der Waals surface area contributed by atoms with Gasteiger partial charge in [-0.05, 0) is 43.4 Å². The van der Waals surface area contributed by atoms with Crippen molar-refractivity contribution in [2.24, 2.45) is 5.92 Å². The SMILES string of the molecule is CCC(CC)CN1CC[C@@H]2CC[C@H](NS(=O)(=O)c3cccc(C(F)(F)F)c3)N2C1. The molecule has 0 bridgehead atoms. The lowest BCUT2D eigenvalue weighted by molar-refractivity contribution is -0.137. The van der Waals surface area contributed by atoms with Crippen LogP contribution in [0.15, 0.2) is 29.2 Å². The van der Waals surface area contributed by atoms with Crippen LogP contribution >= 0.6 is 0 Å². The predicted molar refractivity (Wildman–Crippen MR) is 106 cm³/mol. The first-order valence-electron chi connectivity index (χ1n) is 10.3. The lowest BCUT2D eigenvalue weighted by Gasteiger charge is -2.41. The highest BCUT2D eigenvalue weighted by molar-refractivity contribution is 7.89. The van der Waals surface area contributed by atoms with Gasteiger partial charge in [0.25, 0.3) is 0 Å². The van der Waals surface area contributed by atoms with Gasteiger partial charge in [0.1, 0.15) is 0 Å². The fraction of sp³-hybridized carbons (Fsp3) is 0.700. The van der Waals surface area contributed by atoms with Crippen molar-refractivity contribution in [1.82, 2.24) is 14.5 Å². The van der Waals surface area contributed by atoms with Crippen molar-refractivity contribution in [3.8, 4) is 0 Å². The molecule has 9 heteroatoms. The number of hydrogen-bond acceptors (Lipinski definition) is 4. The van der Waals surface area contributed by atoms with Gasteiger partial charge in [-0.15, -0.1) is 0 Å². The molecule has 0 unspecified atom stereocenters. The molecule has 2 fully saturated rings. The number of sulfonamides is 1. The molecule has 1 N–H and O–H groups in total. The average molecular weight is 434 g/mol. The first-order chi connectivity index (χ1) is 13.6. The van der Waals surface area contributed by atoms with Crippen LogP contribution in [0, 0.1) is 5.92 Å². The number of benzene rings is 1. The number of halogens is 3. The van der Waals surface area contributed by atoms with E-state index in [9.17, 15) is 21.6 Å². The van der Waals surface area contributed by atoms with Gasteiger partial charge in [0.2, 0.25) is 10.0 Å². The fourth-order valence-corrected chi connectivity index (χ4v) is 5.66. The maximum atomic E-state index is 13.0. The summed E-state index contributed by atoms with van der Waals surface area (Å²) < 4.78 is 67.1. The predicted octanol–water partition coefficient (Wildman–Crippen LogP) is 3.87. The molecule has 2 heterocycles. The zero-order valence-electron chi connectivity index (χ0n) is 17.0. The lowest BCUT2D eigenvalue weighted by Crippen LogP contribution is -2.55. The Balaban J connectivity index is 1.71. The third kappa shape index (κ3) is 5.31. The summed E-state index contributed by atoms with van der Waals surface area (Å²) in [6.07, 6.45) is -0.182. The van der Waals surface area contributed by atoms with Gasteiger partial charge in [0, 0.05) is 19.1 Å². The number of rotatable bonds is 7. The molecule has 2 aliphatic heterocycles. The molecule has 1 aromatic rings. The summed E-state index contributed by atoms with van der Waals surface area (Å²) >= 11 is 0. The first kappa shape index (κ1) is 22.5. The summed E-state index contributed by atoms with van der Waals surface area (Å²) in [7, 11) is -4.04. The van der Waals surface area contributed by atoms with E-state index in [1.807, 2.05) is 0 Å². The van der Waals surface area contributed by atoms with Gasteiger partial charge in [0.15, 0.2) is 0 Å². The van der Waals surface area contributed by atoms with E-state index in [2.05, 4.69) is 28.4 Å². The minimum absolute atomic E-state index is 0.321. The largest absolute Gasteiger partial charge is 0.416 e. The van der Waals surface area contributed by atoms with E-state index in [0.29, 0.717) is 31.1 Å². The zero-order valence-corrected chi connectivity index (χ0v) is 17.8. The van der Waals surface area contributed by atoms with Crippen LogP contribution in [0.1, 0.15) is 51.5 Å². The zero-order chi connectivity index (χ0) is 21.2. The van der Waals surface area contributed by atoms with Crippen molar-refractivity contribution >= 4 is 10.0 Å². The molecular weight excluding hydrogens is 403 g/mol. The van der Waals surface area contributed by atoms with E-state index in [1.165, 1.54) is 6.07 Å². The Morgan fingerprint density at radius 3 is 2.55 bits per heavy atom. The van der Waals surface area contributed by atoms with Crippen LogP contribution in [0.3, 0.4) is 0 Å². The Hall–Kier alpha value is -1.16. The van der Waals surface area contributed by atoms with Gasteiger partial charge < -0.3 is 0 Å². The number of alkyl halides is 3. The van der Waals surface area contributed by atoms with E-state index in [1.54, 1.807) is 0 Å². The van der Waals surface area contributed by atoms with Crippen LogP contribution in [0.5, 0.6) is 0 Å². The minimum atomic E-state index is -4.58. The Morgan fingerprint density at radius 2 is 1.90 bits per heavy atom. The summed E-state index contributed by atoms with van der Waals surface area (Å²) in [5, 5.41) is 0. The Morgan fingerprint density at radius 1 is 1.17 bits per heavy atom. The van der Waals surface area contributed by atoms with Gasteiger partial charge in [-0.1, -0.05) is 32.8 Å². The standard InChI is InChI=1S/C20H30F3N3O2S/c1-3-15(4-2)13-25-11-10-17-8-9-19(26(17)14-25)24-29(27,28)18-7-5-6-16(12-18)20(21,22)23/h5-7,12,15,17,19,24H,3-4,8-11,13-14H2,1-2H3/t17-,19+/m0/s1. The maximum Gasteiger partial charge on any atom is 0.416 e. The Labute approximate surface area is 171 Å². The van der Waals surface area contributed by atoms with Crippen molar-refractivity contribution < 1.29 is 21.6 Å². The normalized spacial score (nSPS) is 24.2. The molecule has 0 radical (unpaired) electrons. The van der Waals surface area contributed by atoms with Crippen LogP contribution in [-0.2, 0) is 16.2 Å². The molecule has 1 aromatic carbocycles. The van der Waals surface area contributed by atoms with Crippen LogP contribution in [0.2, 0.25) is 0 Å². The number of nitrogens with zero attached hydrogens (tertiary/aromatic N) is 2. The van der Waals surface area contributed by atoms with Gasteiger partial charge in [0.05, 0.1) is 23.3 Å². The first-order valence-corrected chi connectivity index (χ1v) is 11.8. The van der Waals surface area contributed by atoms with E-state index < -0.39 is 21.8 Å². The van der Waals surface area contributed by atoms with E-state index in [0.717, 1.165) is 50.9 Å². The molecule has 0 amide bonds. The molecule has 5 nitrogen and oxygen atoms in total. The summed E-state index contributed by atoms with van der Waals surface area (Å²) in [6.45, 7) is 7.05. The Kier molecular flexibility index (Phi) is 6.92. The van der Waals surface area contributed by atoms with Crippen molar-refractivity contribution in [1.29, 1.82) is 0 Å². The maximum absolute atomic E-state index is 13.0. The van der Waals surface area contributed by atoms with Crippen LogP contribution in [0.4, 0.5) is 13.2 Å². The molecule has 0 aliphatic carbocycles. The summed E-state index contributed by atoms with van der Waals surface area (Å²) in [6, 6.07) is 4.24. The average Bonchev–Trinajstić information content (AvgIpc) is 3.07. The lowest BCUT2D eigenvalue weighted by atomic mass is 10.0. The summed E-state index contributed by atoms with van der Waals surface area (Å²) in [5.41, 5.74) is -0.959. The van der Waals surface area contributed by atoms with Gasteiger partial charge in [-0.2, -0.15) is 17.9 Å². The second kappa shape index (κ2) is 8.91. The highest BCUT2D eigenvalue weighted by atomic mass is 32.2. The second-order valence-corrected chi connectivity index (χ2v) is 9.81. The van der Waals surface area contributed by atoms with E-state index in [4.69, 9.17) is 0 Å². The quantitative estimate of drug-likeness (QED) is 0.709. The van der Waals surface area contributed by atoms with Crippen molar-refractivity contribution in [3.05, 3.63) is 29.8 Å². The van der Waals surface area contributed by atoms with Crippen molar-refractivity contribution in [3.63, 3.8) is 0 Å². The molecule has 0 aromatic heterocycles. The van der Waals surface area contributed by atoms with Crippen molar-refractivity contribution in [2.75, 3.05) is 19.8 Å². The third-order valence-electron chi connectivity index (χ3n) is 6.22. The van der Waals surface area contributed by atoms with Gasteiger partial charge in [-0.3, -0.25) is 9.80 Å². The number of fused-ring (bicyclic) bond motifs is 1.